The summed E-state index contributed by atoms with van der Waals surface area (Å²) < 4.78 is 50.3. The van der Waals surface area contributed by atoms with Crippen molar-refractivity contribution in [1.82, 2.24) is 15.2 Å². The first-order valence-electron chi connectivity index (χ1n) is 10.6. The number of alkyl halides is 3. The van der Waals surface area contributed by atoms with E-state index in [0.29, 0.717) is 18.9 Å². The zero-order chi connectivity index (χ0) is 22.6. The van der Waals surface area contributed by atoms with Gasteiger partial charge >= 0.3 is 6.18 Å². The second kappa shape index (κ2) is 9.77. The maximum Gasteiger partial charge on any atom is 0.432 e. The van der Waals surface area contributed by atoms with E-state index in [9.17, 15) is 13.2 Å². The molecule has 1 aliphatic rings. The molecule has 0 saturated heterocycles. The van der Waals surface area contributed by atoms with Gasteiger partial charge in [-0.25, -0.2) is 0 Å². The number of aromatic amines is 1. The second-order valence-electron chi connectivity index (χ2n) is 7.53. The van der Waals surface area contributed by atoms with Gasteiger partial charge in [0.05, 0.1) is 15.4 Å². The van der Waals surface area contributed by atoms with E-state index in [1.807, 2.05) is 17.3 Å². The number of hydrogen-bond donors (Lipinski definition) is 1. The molecule has 32 heavy (non-hydrogen) atoms. The van der Waals surface area contributed by atoms with Crippen LogP contribution in [0.1, 0.15) is 53.6 Å². The molecule has 0 amide bonds. The number of pyridine rings is 1. The SMILES string of the molecule is CCCCCCc1sc(/C=C/c2ccnc(-c3cc(C(F)(F)F)[nH]n3)c2)c2c1OCCO2. The van der Waals surface area contributed by atoms with E-state index >= 15 is 0 Å². The molecule has 9 heteroatoms. The Morgan fingerprint density at radius 1 is 1.06 bits per heavy atom. The molecule has 0 aliphatic carbocycles. The van der Waals surface area contributed by atoms with E-state index in [-0.39, 0.29) is 5.69 Å². The third kappa shape index (κ3) is 5.15. The lowest BCUT2D eigenvalue weighted by atomic mass is 10.1. The number of aromatic nitrogens is 3. The molecule has 5 nitrogen and oxygen atoms in total. The highest BCUT2D eigenvalue weighted by Gasteiger charge is 2.33. The minimum Gasteiger partial charge on any atom is -0.485 e. The van der Waals surface area contributed by atoms with Crippen molar-refractivity contribution in [2.75, 3.05) is 13.2 Å². The van der Waals surface area contributed by atoms with Crippen LogP contribution in [-0.4, -0.2) is 28.4 Å². The van der Waals surface area contributed by atoms with Crippen molar-refractivity contribution in [3.05, 3.63) is 45.4 Å². The summed E-state index contributed by atoms with van der Waals surface area (Å²) in [6.45, 7) is 3.25. The molecule has 0 fully saturated rings. The smallest absolute Gasteiger partial charge is 0.432 e. The van der Waals surface area contributed by atoms with Crippen LogP contribution in [0.5, 0.6) is 11.5 Å². The van der Waals surface area contributed by atoms with Crippen LogP contribution in [0, 0.1) is 0 Å². The summed E-state index contributed by atoms with van der Waals surface area (Å²) in [5, 5.41) is 5.77. The van der Waals surface area contributed by atoms with E-state index in [4.69, 9.17) is 9.47 Å². The second-order valence-corrected chi connectivity index (χ2v) is 8.66. The lowest BCUT2D eigenvalue weighted by Crippen LogP contribution is -2.15. The fraction of sp³-hybridized carbons (Fsp3) is 0.391. The first-order valence-corrected chi connectivity index (χ1v) is 11.5. The molecule has 0 atom stereocenters. The number of nitrogens with zero attached hydrogens (tertiary/aromatic N) is 2. The van der Waals surface area contributed by atoms with E-state index in [0.717, 1.165) is 40.8 Å². The third-order valence-corrected chi connectivity index (χ3v) is 6.28. The lowest BCUT2D eigenvalue weighted by Gasteiger charge is -2.16. The van der Waals surface area contributed by atoms with Crippen LogP contribution < -0.4 is 9.47 Å². The van der Waals surface area contributed by atoms with Gasteiger partial charge in [-0.1, -0.05) is 32.3 Å². The van der Waals surface area contributed by atoms with E-state index in [1.165, 1.54) is 24.1 Å². The maximum absolute atomic E-state index is 12.8. The number of aryl methyl sites for hydroxylation is 1. The van der Waals surface area contributed by atoms with E-state index < -0.39 is 11.9 Å². The Bertz CT molecular complexity index is 1090. The van der Waals surface area contributed by atoms with Crippen LogP contribution in [-0.2, 0) is 12.6 Å². The predicted molar refractivity (Wildman–Crippen MR) is 119 cm³/mol. The predicted octanol–water partition coefficient (Wildman–Crippen LogP) is 6.62. The normalized spacial score (nSPS) is 13.8. The van der Waals surface area contributed by atoms with Gasteiger partial charge in [0.2, 0.25) is 0 Å². The highest BCUT2D eigenvalue weighted by atomic mass is 32.1. The van der Waals surface area contributed by atoms with Crippen LogP contribution in [0.15, 0.2) is 24.4 Å². The van der Waals surface area contributed by atoms with Crippen LogP contribution in [0.2, 0.25) is 0 Å². The number of thiophene rings is 1. The number of H-pyrrole nitrogens is 1. The van der Waals surface area contributed by atoms with Gasteiger partial charge in [0.1, 0.15) is 24.6 Å². The summed E-state index contributed by atoms with van der Waals surface area (Å²) in [5.74, 6) is 1.63. The first-order chi connectivity index (χ1) is 15.5. The van der Waals surface area contributed by atoms with Crippen molar-refractivity contribution in [1.29, 1.82) is 0 Å². The Morgan fingerprint density at radius 2 is 1.88 bits per heavy atom. The Hall–Kier alpha value is -2.81. The fourth-order valence-corrected chi connectivity index (χ4v) is 4.62. The molecule has 4 rings (SSSR count). The number of hydrogen-bond acceptors (Lipinski definition) is 5. The zero-order valence-corrected chi connectivity index (χ0v) is 18.5. The monoisotopic (exact) mass is 463 g/mol. The summed E-state index contributed by atoms with van der Waals surface area (Å²) >= 11 is 1.66. The highest BCUT2D eigenvalue weighted by Crippen LogP contribution is 2.45. The number of halogens is 3. The van der Waals surface area contributed by atoms with Crippen LogP contribution >= 0.6 is 11.3 Å². The molecule has 3 aromatic heterocycles. The van der Waals surface area contributed by atoms with Crippen molar-refractivity contribution in [2.45, 2.75) is 45.2 Å². The Labute approximate surface area is 188 Å². The van der Waals surface area contributed by atoms with E-state index in [2.05, 4.69) is 17.0 Å². The molecule has 170 valence electrons. The van der Waals surface area contributed by atoms with Crippen LogP contribution in [0.4, 0.5) is 13.2 Å². The molecule has 0 unspecified atom stereocenters. The quantitative estimate of drug-likeness (QED) is 0.382. The highest BCUT2D eigenvalue weighted by molar-refractivity contribution is 7.13. The zero-order valence-electron chi connectivity index (χ0n) is 17.7. The van der Waals surface area contributed by atoms with Crippen molar-refractivity contribution < 1.29 is 22.6 Å². The molecule has 1 aliphatic heterocycles. The van der Waals surface area contributed by atoms with Gasteiger partial charge in [-0.2, -0.15) is 18.3 Å². The van der Waals surface area contributed by atoms with Gasteiger partial charge in [0.25, 0.3) is 0 Å². The molecule has 1 N–H and O–H groups in total. The summed E-state index contributed by atoms with van der Waals surface area (Å²) in [7, 11) is 0. The molecule has 0 spiro atoms. The van der Waals surface area contributed by atoms with Crippen LogP contribution in [0.25, 0.3) is 23.5 Å². The average molecular weight is 464 g/mol. The van der Waals surface area contributed by atoms with Crippen LogP contribution in [0.3, 0.4) is 0 Å². The molecular formula is C23H24F3N3O2S. The number of ether oxygens (including phenoxy) is 2. The third-order valence-electron chi connectivity index (χ3n) is 5.11. The molecule has 4 heterocycles. The Morgan fingerprint density at radius 3 is 2.62 bits per heavy atom. The number of nitrogens with one attached hydrogen (secondary N) is 1. The molecule has 3 aromatic rings. The molecular weight excluding hydrogens is 439 g/mol. The topological polar surface area (TPSA) is 60.0 Å². The maximum atomic E-state index is 12.8. The minimum atomic E-state index is -4.47. The van der Waals surface area contributed by atoms with Gasteiger partial charge in [-0.3, -0.25) is 10.1 Å². The molecule has 0 radical (unpaired) electrons. The fourth-order valence-electron chi connectivity index (χ4n) is 3.48. The largest absolute Gasteiger partial charge is 0.485 e. The van der Waals surface area contributed by atoms with Crippen molar-refractivity contribution in [3.63, 3.8) is 0 Å². The standard InChI is InChI=1S/C23H24F3N3O2S/c1-2-3-4-5-6-18-21-22(31-12-11-30-21)19(32-18)8-7-15-9-10-27-16(13-15)17-14-20(29-28-17)23(24,25)26/h7-10,13-14H,2-6,11-12H2,1H3,(H,28,29)/b8-7+. The lowest BCUT2D eigenvalue weighted by molar-refractivity contribution is -0.141. The number of unbranched alkanes of at least 4 members (excludes halogenated alkanes) is 3. The summed E-state index contributed by atoms with van der Waals surface area (Å²) in [6.07, 6.45) is 6.62. The minimum absolute atomic E-state index is 0.146. The number of rotatable bonds is 8. The molecule has 0 aromatic carbocycles. The summed E-state index contributed by atoms with van der Waals surface area (Å²) in [5.41, 5.74) is 0.412. The number of fused-ring (bicyclic) bond motifs is 1. The average Bonchev–Trinajstić information content (AvgIpc) is 3.42. The van der Waals surface area contributed by atoms with Gasteiger partial charge < -0.3 is 9.47 Å². The van der Waals surface area contributed by atoms with Gasteiger partial charge in [0.15, 0.2) is 11.5 Å². The van der Waals surface area contributed by atoms with Gasteiger partial charge in [-0.15, -0.1) is 11.3 Å². The van der Waals surface area contributed by atoms with Gasteiger partial charge in [-0.05, 0) is 42.7 Å². The summed E-state index contributed by atoms with van der Waals surface area (Å²) in [4.78, 5) is 6.33. The molecule has 0 saturated carbocycles. The van der Waals surface area contributed by atoms with Crippen molar-refractivity contribution in [2.24, 2.45) is 0 Å². The van der Waals surface area contributed by atoms with Crippen molar-refractivity contribution in [3.8, 4) is 22.9 Å². The van der Waals surface area contributed by atoms with E-state index in [1.54, 1.807) is 29.7 Å². The Balaban J connectivity index is 1.54. The van der Waals surface area contributed by atoms with Gasteiger partial charge in [0, 0.05) is 6.20 Å². The Kier molecular flexibility index (Phi) is 6.83. The first kappa shape index (κ1) is 22.4. The summed E-state index contributed by atoms with van der Waals surface area (Å²) in [6, 6.07) is 4.46. The molecule has 0 bridgehead atoms. The van der Waals surface area contributed by atoms with Crippen molar-refractivity contribution >= 4 is 23.5 Å².